The maximum Gasteiger partial charge on any atom is 0.138 e. The second-order valence-electron chi connectivity index (χ2n) is 6.50. The van der Waals surface area contributed by atoms with Gasteiger partial charge in [0.05, 0.1) is 10.9 Å². The van der Waals surface area contributed by atoms with Gasteiger partial charge in [0.25, 0.3) is 0 Å². The van der Waals surface area contributed by atoms with Gasteiger partial charge in [0.2, 0.25) is 0 Å². The number of hydrogen-bond acceptors (Lipinski definition) is 5. The van der Waals surface area contributed by atoms with Crippen LogP contribution in [0, 0.1) is 19.8 Å². The molecule has 1 aliphatic carbocycles. The van der Waals surface area contributed by atoms with Crippen LogP contribution >= 0.6 is 11.3 Å². The molecule has 0 aliphatic heterocycles. The van der Waals surface area contributed by atoms with Crippen LogP contribution in [0.25, 0.3) is 10.2 Å². The summed E-state index contributed by atoms with van der Waals surface area (Å²) in [5.41, 5.74) is 7.41. The van der Waals surface area contributed by atoms with Crippen LogP contribution in [0.3, 0.4) is 0 Å². The van der Waals surface area contributed by atoms with Crippen LogP contribution in [-0.4, -0.2) is 22.1 Å². The molecule has 0 bridgehead atoms. The second-order valence-corrected chi connectivity index (χ2v) is 7.70. The lowest BCUT2D eigenvalue weighted by atomic mass is 9.76. The molecule has 2 atom stereocenters. The van der Waals surface area contributed by atoms with Crippen LogP contribution in [0.5, 0.6) is 0 Å². The summed E-state index contributed by atoms with van der Waals surface area (Å²) in [6.07, 6.45) is 6.45. The number of thiophene rings is 1. The van der Waals surface area contributed by atoms with Gasteiger partial charge in [-0.1, -0.05) is 19.8 Å². The second kappa shape index (κ2) is 5.54. The van der Waals surface area contributed by atoms with E-state index in [0.29, 0.717) is 6.54 Å². The van der Waals surface area contributed by atoms with E-state index < -0.39 is 0 Å². The zero-order valence-corrected chi connectivity index (χ0v) is 13.9. The number of aromatic nitrogens is 2. The Morgan fingerprint density at radius 2 is 2.24 bits per heavy atom. The fraction of sp³-hybridized carbons (Fsp3) is 0.625. The zero-order valence-electron chi connectivity index (χ0n) is 13.1. The molecule has 0 amide bonds. The van der Waals surface area contributed by atoms with Crippen LogP contribution < -0.4 is 11.1 Å². The topological polar surface area (TPSA) is 63.8 Å². The lowest BCUT2D eigenvalue weighted by Gasteiger charge is -2.40. The van der Waals surface area contributed by atoms with E-state index in [0.717, 1.165) is 29.4 Å². The first-order valence-electron chi connectivity index (χ1n) is 7.73. The molecule has 2 aromatic rings. The summed E-state index contributed by atoms with van der Waals surface area (Å²) in [5.74, 6) is 1.68. The predicted octanol–water partition coefficient (Wildman–Crippen LogP) is 3.63. The summed E-state index contributed by atoms with van der Waals surface area (Å²) in [6, 6.07) is 0. The number of nitrogens with two attached hydrogens (primary N) is 1. The molecule has 21 heavy (non-hydrogen) atoms. The molecular formula is C16H24N4S. The average molecular weight is 304 g/mol. The molecule has 0 saturated heterocycles. The van der Waals surface area contributed by atoms with Gasteiger partial charge in [0.15, 0.2) is 0 Å². The Hall–Kier alpha value is -1.20. The molecule has 0 radical (unpaired) electrons. The van der Waals surface area contributed by atoms with Gasteiger partial charge in [-0.15, -0.1) is 11.3 Å². The standard InChI is InChI=1S/C16H24N4S/c1-10-5-4-6-16(7-10,8-17)20-14-13-11(2)12(3)21-15(13)19-9-18-14/h9-10H,4-8,17H2,1-3H3,(H,18,19,20). The molecule has 0 aromatic carbocycles. The van der Waals surface area contributed by atoms with Crippen molar-refractivity contribution in [3.05, 3.63) is 16.8 Å². The van der Waals surface area contributed by atoms with Crippen molar-refractivity contribution < 1.29 is 0 Å². The van der Waals surface area contributed by atoms with Crippen molar-refractivity contribution in [1.82, 2.24) is 9.97 Å². The third-order valence-corrected chi connectivity index (χ3v) is 5.95. The Bertz CT molecular complexity index is 651. The van der Waals surface area contributed by atoms with Gasteiger partial charge in [0, 0.05) is 11.4 Å². The number of rotatable bonds is 3. The number of hydrogen-bond donors (Lipinski definition) is 2. The number of nitrogens with one attached hydrogen (secondary N) is 1. The molecule has 5 heteroatoms. The molecule has 0 spiro atoms. The number of fused-ring (bicyclic) bond motifs is 1. The first-order chi connectivity index (χ1) is 10.0. The highest BCUT2D eigenvalue weighted by Gasteiger charge is 2.34. The van der Waals surface area contributed by atoms with Crippen molar-refractivity contribution in [1.29, 1.82) is 0 Å². The highest BCUT2D eigenvalue weighted by molar-refractivity contribution is 7.18. The fourth-order valence-corrected chi connectivity index (χ4v) is 4.54. The Morgan fingerprint density at radius 3 is 2.95 bits per heavy atom. The molecule has 3 N–H and O–H groups in total. The van der Waals surface area contributed by atoms with Crippen molar-refractivity contribution in [3.63, 3.8) is 0 Å². The summed E-state index contributed by atoms with van der Waals surface area (Å²) in [7, 11) is 0. The van der Waals surface area contributed by atoms with Crippen LogP contribution in [0.15, 0.2) is 6.33 Å². The van der Waals surface area contributed by atoms with E-state index in [2.05, 4.69) is 36.1 Å². The highest BCUT2D eigenvalue weighted by atomic mass is 32.1. The molecule has 2 unspecified atom stereocenters. The van der Waals surface area contributed by atoms with E-state index in [1.165, 1.54) is 28.7 Å². The van der Waals surface area contributed by atoms with Gasteiger partial charge in [-0.3, -0.25) is 0 Å². The van der Waals surface area contributed by atoms with E-state index in [9.17, 15) is 0 Å². The minimum atomic E-state index is -0.0127. The molecule has 2 aromatic heterocycles. The molecule has 1 saturated carbocycles. The number of nitrogens with zero attached hydrogens (tertiary/aromatic N) is 2. The summed E-state index contributed by atoms with van der Waals surface area (Å²) in [5, 5.41) is 4.87. The van der Waals surface area contributed by atoms with Gasteiger partial charge < -0.3 is 11.1 Å². The number of aryl methyl sites for hydroxylation is 2. The van der Waals surface area contributed by atoms with Crippen molar-refractivity contribution >= 4 is 27.4 Å². The molecule has 3 rings (SSSR count). The van der Waals surface area contributed by atoms with E-state index in [1.54, 1.807) is 17.7 Å². The summed E-state index contributed by atoms with van der Waals surface area (Å²) in [4.78, 5) is 11.3. The summed E-state index contributed by atoms with van der Waals surface area (Å²) < 4.78 is 0. The highest BCUT2D eigenvalue weighted by Crippen LogP contribution is 2.38. The minimum absolute atomic E-state index is 0.0127. The molecule has 2 heterocycles. The molecule has 4 nitrogen and oxygen atoms in total. The lowest BCUT2D eigenvalue weighted by molar-refractivity contribution is 0.263. The molecule has 114 valence electrons. The quantitative estimate of drug-likeness (QED) is 0.909. The first kappa shape index (κ1) is 14.7. The van der Waals surface area contributed by atoms with Crippen molar-refractivity contribution in [3.8, 4) is 0 Å². The van der Waals surface area contributed by atoms with Crippen molar-refractivity contribution in [2.75, 3.05) is 11.9 Å². The maximum atomic E-state index is 6.13. The van der Waals surface area contributed by atoms with Gasteiger partial charge in [-0.25, -0.2) is 9.97 Å². The smallest absolute Gasteiger partial charge is 0.138 e. The van der Waals surface area contributed by atoms with Crippen LogP contribution in [0.4, 0.5) is 5.82 Å². The average Bonchev–Trinajstić information content (AvgIpc) is 2.75. The summed E-state index contributed by atoms with van der Waals surface area (Å²) >= 11 is 1.74. The van der Waals surface area contributed by atoms with Gasteiger partial charge >= 0.3 is 0 Å². The van der Waals surface area contributed by atoms with Crippen molar-refractivity contribution in [2.45, 2.75) is 52.0 Å². The molecule has 1 fully saturated rings. The van der Waals surface area contributed by atoms with Crippen molar-refractivity contribution in [2.24, 2.45) is 11.7 Å². The number of anilines is 1. The lowest BCUT2D eigenvalue weighted by Crippen LogP contribution is -2.49. The Labute approximate surface area is 130 Å². The zero-order chi connectivity index (χ0) is 15.0. The van der Waals surface area contributed by atoms with Crippen LogP contribution in [0.1, 0.15) is 43.0 Å². The van der Waals surface area contributed by atoms with Crippen LogP contribution in [0.2, 0.25) is 0 Å². The van der Waals surface area contributed by atoms with E-state index >= 15 is 0 Å². The van der Waals surface area contributed by atoms with Crippen LogP contribution in [-0.2, 0) is 0 Å². The van der Waals surface area contributed by atoms with Gasteiger partial charge in [-0.2, -0.15) is 0 Å². The summed E-state index contributed by atoms with van der Waals surface area (Å²) in [6.45, 7) is 7.28. The first-order valence-corrected chi connectivity index (χ1v) is 8.55. The van der Waals surface area contributed by atoms with E-state index in [-0.39, 0.29) is 5.54 Å². The Balaban J connectivity index is 2.00. The fourth-order valence-electron chi connectivity index (χ4n) is 3.54. The SMILES string of the molecule is Cc1sc2ncnc(NC3(CN)CCCC(C)C3)c2c1C. The normalized spacial score (nSPS) is 26.2. The van der Waals surface area contributed by atoms with E-state index in [4.69, 9.17) is 5.73 Å². The van der Waals surface area contributed by atoms with Gasteiger partial charge in [0.1, 0.15) is 17.0 Å². The van der Waals surface area contributed by atoms with Gasteiger partial charge in [-0.05, 0) is 38.2 Å². The van der Waals surface area contributed by atoms with E-state index in [1.807, 2.05) is 0 Å². The monoisotopic (exact) mass is 304 g/mol. The largest absolute Gasteiger partial charge is 0.363 e. The maximum absolute atomic E-state index is 6.13. The Kier molecular flexibility index (Phi) is 3.88. The third-order valence-electron chi connectivity index (χ3n) is 4.83. The predicted molar refractivity (Wildman–Crippen MR) is 89.9 cm³/mol. The minimum Gasteiger partial charge on any atom is -0.363 e. The Morgan fingerprint density at radius 1 is 1.43 bits per heavy atom. The molecular weight excluding hydrogens is 280 g/mol. The third kappa shape index (κ3) is 2.64. The molecule has 1 aliphatic rings.